The molecule has 0 saturated carbocycles. The second-order valence-electron chi connectivity index (χ2n) is 5.25. The SMILES string of the molecule is CCc1nncn1CCNC(=NC)N(C)Cc1cccc(F)c1. The Balaban J connectivity index is 1.87. The second kappa shape index (κ2) is 8.26. The minimum atomic E-state index is -0.224. The fourth-order valence-corrected chi connectivity index (χ4v) is 2.40. The summed E-state index contributed by atoms with van der Waals surface area (Å²) in [6.45, 7) is 4.12. The van der Waals surface area contributed by atoms with Crippen molar-refractivity contribution in [2.45, 2.75) is 26.4 Å². The van der Waals surface area contributed by atoms with Gasteiger partial charge in [0.15, 0.2) is 5.96 Å². The highest BCUT2D eigenvalue weighted by Crippen LogP contribution is 2.06. The van der Waals surface area contributed by atoms with Gasteiger partial charge in [0.2, 0.25) is 0 Å². The Bertz CT molecular complexity index is 652. The molecular weight excluding hydrogens is 295 g/mol. The number of guanidine groups is 1. The molecular formula is C16H23FN6. The quantitative estimate of drug-likeness (QED) is 0.650. The van der Waals surface area contributed by atoms with E-state index in [1.807, 2.05) is 22.6 Å². The van der Waals surface area contributed by atoms with E-state index in [2.05, 4.69) is 27.4 Å². The molecule has 2 aromatic rings. The van der Waals surface area contributed by atoms with Crippen LogP contribution in [0.25, 0.3) is 0 Å². The van der Waals surface area contributed by atoms with Crippen molar-refractivity contribution in [1.82, 2.24) is 25.0 Å². The molecule has 0 aliphatic heterocycles. The highest BCUT2D eigenvalue weighted by atomic mass is 19.1. The third kappa shape index (κ3) is 4.77. The van der Waals surface area contributed by atoms with Gasteiger partial charge in [-0.3, -0.25) is 4.99 Å². The number of aliphatic imine (C=N–C) groups is 1. The number of benzene rings is 1. The molecule has 2 rings (SSSR count). The van der Waals surface area contributed by atoms with Crippen LogP contribution in [0.15, 0.2) is 35.6 Å². The highest BCUT2D eigenvalue weighted by molar-refractivity contribution is 5.79. The zero-order valence-corrected chi connectivity index (χ0v) is 13.8. The Labute approximate surface area is 136 Å². The van der Waals surface area contributed by atoms with Crippen LogP contribution >= 0.6 is 0 Å². The van der Waals surface area contributed by atoms with Gasteiger partial charge in [0.25, 0.3) is 0 Å². The third-order valence-electron chi connectivity index (χ3n) is 3.53. The van der Waals surface area contributed by atoms with Gasteiger partial charge in [-0.15, -0.1) is 10.2 Å². The third-order valence-corrected chi connectivity index (χ3v) is 3.53. The maximum atomic E-state index is 13.3. The molecule has 0 radical (unpaired) electrons. The monoisotopic (exact) mass is 318 g/mol. The Morgan fingerprint density at radius 1 is 1.43 bits per heavy atom. The Morgan fingerprint density at radius 3 is 2.96 bits per heavy atom. The lowest BCUT2D eigenvalue weighted by Gasteiger charge is -2.22. The van der Waals surface area contributed by atoms with Gasteiger partial charge >= 0.3 is 0 Å². The molecule has 0 fully saturated rings. The fraction of sp³-hybridized carbons (Fsp3) is 0.438. The van der Waals surface area contributed by atoms with Crippen LogP contribution in [-0.4, -0.2) is 46.3 Å². The summed E-state index contributed by atoms with van der Waals surface area (Å²) in [5, 5.41) is 11.3. The van der Waals surface area contributed by atoms with Crippen LogP contribution < -0.4 is 5.32 Å². The topological polar surface area (TPSA) is 58.3 Å². The first-order valence-corrected chi connectivity index (χ1v) is 7.67. The molecule has 23 heavy (non-hydrogen) atoms. The van der Waals surface area contributed by atoms with Crippen LogP contribution in [-0.2, 0) is 19.5 Å². The minimum Gasteiger partial charge on any atom is -0.354 e. The smallest absolute Gasteiger partial charge is 0.193 e. The lowest BCUT2D eigenvalue weighted by Crippen LogP contribution is -2.39. The molecule has 0 bridgehead atoms. The van der Waals surface area contributed by atoms with Gasteiger partial charge in [0.1, 0.15) is 18.0 Å². The average molecular weight is 318 g/mol. The number of halogens is 1. The Kier molecular flexibility index (Phi) is 6.08. The maximum Gasteiger partial charge on any atom is 0.193 e. The van der Waals surface area contributed by atoms with E-state index in [0.29, 0.717) is 13.1 Å². The van der Waals surface area contributed by atoms with Crippen molar-refractivity contribution in [2.24, 2.45) is 4.99 Å². The van der Waals surface area contributed by atoms with E-state index in [1.54, 1.807) is 19.4 Å². The van der Waals surface area contributed by atoms with E-state index in [1.165, 1.54) is 12.1 Å². The summed E-state index contributed by atoms with van der Waals surface area (Å²) in [5.74, 6) is 1.51. The van der Waals surface area contributed by atoms with Gasteiger partial charge < -0.3 is 14.8 Å². The van der Waals surface area contributed by atoms with E-state index in [9.17, 15) is 4.39 Å². The van der Waals surface area contributed by atoms with Crippen molar-refractivity contribution in [3.63, 3.8) is 0 Å². The van der Waals surface area contributed by atoms with E-state index < -0.39 is 0 Å². The lowest BCUT2D eigenvalue weighted by molar-refractivity contribution is 0.470. The number of hydrogen-bond acceptors (Lipinski definition) is 3. The van der Waals surface area contributed by atoms with Crippen LogP contribution in [0.2, 0.25) is 0 Å². The van der Waals surface area contributed by atoms with Gasteiger partial charge in [0.05, 0.1) is 0 Å². The summed E-state index contributed by atoms with van der Waals surface area (Å²) in [6.07, 6.45) is 2.59. The summed E-state index contributed by atoms with van der Waals surface area (Å²) >= 11 is 0. The molecule has 0 atom stereocenters. The van der Waals surface area contributed by atoms with Crippen molar-refractivity contribution in [1.29, 1.82) is 0 Å². The fourth-order valence-electron chi connectivity index (χ4n) is 2.40. The van der Waals surface area contributed by atoms with E-state index in [0.717, 1.165) is 30.3 Å². The molecule has 1 heterocycles. The van der Waals surface area contributed by atoms with E-state index in [4.69, 9.17) is 0 Å². The van der Waals surface area contributed by atoms with Crippen LogP contribution in [0.3, 0.4) is 0 Å². The van der Waals surface area contributed by atoms with Gasteiger partial charge in [-0.2, -0.15) is 0 Å². The minimum absolute atomic E-state index is 0.224. The molecule has 124 valence electrons. The Hall–Kier alpha value is -2.44. The molecule has 0 amide bonds. The number of nitrogens with one attached hydrogen (secondary N) is 1. The van der Waals surface area contributed by atoms with Gasteiger partial charge in [-0.1, -0.05) is 19.1 Å². The van der Waals surface area contributed by atoms with Crippen molar-refractivity contribution >= 4 is 5.96 Å². The molecule has 1 N–H and O–H groups in total. The highest BCUT2D eigenvalue weighted by Gasteiger charge is 2.07. The van der Waals surface area contributed by atoms with Crippen molar-refractivity contribution in [3.05, 3.63) is 47.8 Å². The number of aromatic nitrogens is 3. The summed E-state index contributed by atoms with van der Waals surface area (Å²) in [6, 6.07) is 6.60. The normalized spacial score (nSPS) is 11.6. The van der Waals surface area contributed by atoms with Crippen LogP contribution in [0.1, 0.15) is 18.3 Å². The summed E-state index contributed by atoms with van der Waals surface area (Å²) in [5.41, 5.74) is 0.905. The zero-order chi connectivity index (χ0) is 16.7. The van der Waals surface area contributed by atoms with Gasteiger partial charge in [-0.05, 0) is 17.7 Å². The number of hydrogen-bond donors (Lipinski definition) is 1. The van der Waals surface area contributed by atoms with Crippen LogP contribution in [0.4, 0.5) is 4.39 Å². The van der Waals surface area contributed by atoms with Crippen LogP contribution in [0.5, 0.6) is 0 Å². The number of rotatable bonds is 6. The first-order valence-electron chi connectivity index (χ1n) is 7.67. The summed E-state index contributed by atoms with van der Waals surface area (Å²) < 4.78 is 15.3. The maximum absolute atomic E-state index is 13.3. The lowest BCUT2D eigenvalue weighted by atomic mass is 10.2. The van der Waals surface area contributed by atoms with Crippen molar-refractivity contribution in [3.8, 4) is 0 Å². The molecule has 6 nitrogen and oxygen atoms in total. The van der Waals surface area contributed by atoms with E-state index >= 15 is 0 Å². The first-order chi connectivity index (χ1) is 11.1. The summed E-state index contributed by atoms with van der Waals surface area (Å²) in [4.78, 5) is 6.23. The van der Waals surface area contributed by atoms with Crippen molar-refractivity contribution < 1.29 is 4.39 Å². The molecule has 1 aromatic carbocycles. The zero-order valence-electron chi connectivity index (χ0n) is 13.8. The molecule has 0 unspecified atom stereocenters. The largest absolute Gasteiger partial charge is 0.354 e. The van der Waals surface area contributed by atoms with Gasteiger partial charge in [-0.25, -0.2) is 4.39 Å². The van der Waals surface area contributed by atoms with Crippen LogP contribution in [0, 0.1) is 5.82 Å². The predicted molar refractivity (Wildman–Crippen MR) is 88.6 cm³/mol. The average Bonchev–Trinajstić information content (AvgIpc) is 2.99. The Morgan fingerprint density at radius 2 is 2.26 bits per heavy atom. The number of aryl methyl sites for hydroxylation is 1. The molecule has 0 aliphatic carbocycles. The molecule has 7 heteroatoms. The molecule has 0 aliphatic rings. The molecule has 0 saturated heterocycles. The first kappa shape index (κ1) is 16.9. The molecule has 1 aromatic heterocycles. The summed E-state index contributed by atoms with van der Waals surface area (Å²) in [7, 11) is 3.66. The van der Waals surface area contributed by atoms with Crippen molar-refractivity contribution in [2.75, 3.05) is 20.6 Å². The van der Waals surface area contributed by atoms with Gasteiger partial charge in [0, 0.05) is 40.2 Å². The predicted octanol–water partition coefficient (Wildman–Crippen LogP) is 1.69. The standard InChI is InChI=1S/C16H23FN6/c1-4-15-21-20-12-23(15)9-8-19-16(18-2)22(3)11-13-6-5-7-14(17)10-13/h5-7,10,12H,4,8-9,11H2,1-3H3,(H,18,19). The number of nitrogens with zero attached hydrogens (tertiary/aromatic N) is 5. The molecule has 0 spiro atoms. The van der Waals surface area contributed by atoms with E-state index in [-0.39, 0.29) is 5.82 Å². The second-order valence-corrected chi connectivity index (χ2v) is 5.25.